The molecule has 7 nitrogen and oxygen atoms in total. The predicted molar refractivity (Wildman–Crippen MR) is 108 cm³/mol. The van der Waals surface area contributed by atoms with Crippen LogP contribution in [0.5, 0.6) is 0 Å². The van der Waals surface area contributed by atoms with Gasteiger partial charge in [0.25, 0.3) is 5.56 Å². The van der Waals surface area contributed by atoms with Crippen LogP contribution in [0.15, 0.2) is 58.5 Å². The van der Waals surface area contributed by atoms with Crippen LogP contribution in [0.2, 0.25) is 5.02 Å². The maximum absolute atomic E-state index is 13.1. The van der Waals surface area contributed by atoms with Gasteiger partial charge in [0.15, 0.2) is 5.16 Å². The van der Waals surface area contributed by atoms with Crippen molar-refractivity contribution in [2.24, 2.45) is 0 Å². The molecular weight excluding hydrogens is 400 g/mol. The summed E-state index contributed by atoms with van der Waals surface area (Å²) < 4.78 is 1.44. The second-order valence-electron chi connectivity index (χ2n) is 6.10. The second kappa shape index (κ2) is 7.65. The molecule has 9 heteroatoms. The van der Waals surface area contributed by atoms with Gasteiger partial charge in [-0.2, -0.15) is 0 Å². The summed E-state index contributed by atoms with van der Waals surface area (Å²) in [5, 5.41) is 3.91. The molecule has 142 valence electrons. The van der Waals surface area contributed by atoms with E-state index >= 15 is 0 Å². The van der Waals surface area contributed by atoms with Gasteiger partial charge in [-0.25, -0.2) is 9.78 Å². The molecule has 28 heavy (non-hydrogen) atoms. The first-order valence-corrected chi connectivity index (χ1v) is 9.90. The van der Waals surface area contributed by atoms with E-state index in [1.54, 1.807) is 48.5 Å². The molecule has 3 amide bonds. The summed E-state index contributed by atoms with van der Waals surface area (Å²) in [6.45, 7) is 0.779. The molecule has 0 bridgehead atoms. The average molecular weight is 415 g/mol. The maximum atomic E-state index is 13.1. The fourth-order valence-electron chi connectivity index (χ4n) is 2.97. The predicted octanol–water partition coefficient (Wildman–Crippen LogP) is 2.68. The molecule has 0 saturated carbocycles. The van der Waals surface area contributed by atoms with Gasteiger partial charge in [-0.15, -0.1) is 0 Å². The number of urea groups is 1. The van der Waals surface area contributed by atoms with Crippen molar-refractivity contribution in [1.82, 2.24) is 19.8 Å². The lowest BCUT2D eigenvalue weighted by Gasteiger charge is -2.15. The minimum atomic E-state index is -0.399. The summed E-state index contributed by atoms with van der Waals surface area (Å²) in [6, 6.07) is 13.5. The zero-order valence-electron chi connectivity index (χ0n) is 14.6. The number of aromatic nitrogens is 2. The second-order valence-corrected chi connectivity index (χ2v) is 7.48. The normalized spacial score (nSPS) is 13.8. The van der Waals surface area contributed by atoms with Crippen LogP contribution >= 0.6 is 23.4 Å². The Balaban J connectivity index is 1.75. The Morgan fingerprint density at radius 1 is 1.18 bits per heavy atom. The van der Waals surface area contributed by atoms with E-state index in [0.29, 0.717) is 39.9 Å². The SMILES string of the molecule is O=C(CSc1nc2ccccc2c(=O)n1-c1cccc(Cl)c1)N1CCNC1=O. The Morgan fingerprint density at radius 3 is 2.75 bits per heavy atom. The summed E-state index contributed by atoms with van der Waals surface area (Å²) >= 11 is 7.21. The lowest BCUT2D eigenvalue weighted by atomic mass is 10.2. The number of hydrogen-bond donors (Lipinski definition) is 1. The number of carbonyl (C=O) groups is 2. The van der Waals surface area contributed by atoms with Gasteiger partial charge in [0.05, 0.1) is 22.3 Å². The van der Waals surface area contributed by atoms with E-state index in [1.165, 1.54) is 4.57 Å². The van der Waals surface area contributed by atoms with E-state index in [-0.39, 0.29) is 17.2 Å². The van der Waals surface area contributed by atoms with Crippen molar-refractivity contribution >= 4 is 46.2 Å². The molecule has 0 radical (unpaired) electrons. The molecule has 0 atom stereocenters. The number of thioether (sulfide) groups is 1. The number of halogens is 1. The molecule has 1 aromatic heterocycles. The van der Waals surface area contributed by atoms with E-state index in [0.717, 1.165) is 16.7 Å². The first kappa shape index (κ1) is 18.5. The molecule has 0 unspecified atom stereocenters. The molecule has 1 saturated heterocycles. The highest BCUT2D eigenvalue weighted by atomic mass is 35.5. The minimum absolute atomic E-state index is 0.0151. The topological polar surface area (TPSA) is 84.3 Å². The number of benzene rings is 2. The van der Waals surface area contributed by atoms with Crippen LogP contribution in [0.4, 0.5) is 4.79 Å². The highest BCUT2D eigenvalue weighted by Crippen LogP contribution is 2.23. The first-order valence-electron chi connectivity index (χ1n) is 8.53. The fraction of sp³-hybridized carbons (Fsp3) is 0.158. The minimum Gasteiger partial charge on any atom is -0.336 e. The summed E-state index contributed by atoms with van der Waals surface area (Å²) in [4.78, 5) is 42.9. The average Bonchev–Trinajstić information content (AvgIpc) is 3.12. The molecule has 0 aliphatic carbocycles. The summed E-state index contributed by atoms with van der Waals surface area (Å²) in [7, 11) is 0. The van der Waals surface area contributed by atoms with Crippen LogP contribution in [-0.4, -0.2) is 45.2 Å². The van der Waals surface area contributed by atoms with Crippen LogP contribution in [0.3, 0.4) is 0 Å². The van der Waals surface area contributed by atoms with Crippen LogP contribution in [0.1, 0.15) is 0 Å². The molecule has 3 aromatic rings. The third kappa shape index (κ3) is 3.48. The maximum Gasteiger partial charge on any atom is 0.324 e. The van der Waals surface area contributed by atoms with Crippen molar-refractivity contribution in [3.8, 4) is 5.69 Å². The highest BCUT2D eigenvalue weighted by Gasteiger charge is 2.26. The highest BCUT2D eigenvalue weighted by molar-refractivity contribution is 7.99. The van der Waals surface area contributed by atoms with Crippen molar-refractivity contribution in [3.63, 3.8) is 0 Å². The summed E-state index contributed by atoms with van der Waals surface area (Å²) in [6.07, 6.45) is 0. The number of fused-ring (bicyclic) bond motifs is 1. The summed E-state index contributed by atoms with van der Waals surface area (Å²) in [5.74, 6) is -0.348. The molecular formula is C19H15ClN4O3S. The van der Waals surface area contributed by atoms with E-state index < -0.39 is 6.03 Å². The Hall–Kier alpha value is -2.84. The largest absolute Gasteiger partial charge is 0.336 e. The number of carbonyl (C=O) groups excluding carboxylic acids is 2. The lowest BCUT2D eigenvalue weighted by Crippen LogP contribution is -2.35. The van der Waals surface area contributed by atoms with Gasteiger partial charge >= 0.3 is 6.03 Å². The van der Waals surface area contributed by atoms with Crippen molar-refractivity contribution in [2.45, 2.75) is 5.16 Å². The Kier molecular flexibility index (Phi) is 5.06. The monoisotopic (exact) mass is 414 g/mol. The Morgan fingerprint density at radius 2 is 2.00 bits per heavy atom. The van der Waals surface area contributed by atoms with E-state index in [4.69, 9.17) is 11.6 Å². The Bertz CT molecular complexity index is 1150. The Labute approximate surface area is 169 Å². The number of para-hydroxylation sites is 1. The number of nitrogens with one attached hydrogen (secondary N) is 1. The zero-order valence-corrected chi connectivity index (χ0v) is 16.2. The number of hydrogen-bond acceptors (Lipinski definition) is 5. The molecule has 1 N–H and O–H groups in total. The standard InChI is InChI=1S/C19H15ClN4O3S/c20-12-4-3-5-13(10-12)24-17(26)14-6-1-2-7-15(14)22-19(24)28-11-16(25)23-9-8-21-18(23)27/h1-7,10H,8-9,11H2,(H,21,27). The number of amides is 3. The lowest BCUT2D eigenvalue weighted by molar-refractivity contribution is -0.124. The van der Waals surface area contributed by atoms with Crippen molar-refractivity contribution < 1.29 is 9.59 Å². The molecule has 1 aliphatic rings. The van der Waals surface area contributed by atoms with E-state index in [9.17, 15) is 14.4 Å². The summed E-state index contributed by atoms with van der Waals surface area (Å²) in [5.41, 5.74) is 0.853. The van der Waals surface area contributed by atoms with Gasteiger partial charge in [-0.3, -0.25) is 19.1 Å². The quantitative estimate of drug-likeness (QED) is 0.524. The van der Waals surface area contributed by atoms with Gasteiger partial charge in [-0.05, 0) is 30.3 Å². The van der Waals surface area contributed by atoms with Crippen LogP contribution in [0.25, 0.3) is 16.6 Å². The number of imide groups is 1. The van der Waals surface area contributed by atoms with Gasteiger partial charge in [0.2, 0.25) is 5.91 Å². The van der Waals surface area contributed by atoms with Crippen LogP contribution in [0, 0.1) is 0 Å². The number of nitrogens with zero attached hydrogens (tertiary/aromatic N) is 3. The van der Waals surface area contributed by atoms with Crippen LogP contribution in [-0.2, 0) is 4.79 Å². The van der Waals surface area contributed by atoms with Gasteiger partial charge in [0.1, 0.15) is 0 Å². The molecule has 4 rings (SSSR count). The van der Waals surface area contributed by atoms with Crippen molar-refractivity contribution in [1.29, 1.82) is 0 Å². The van der Waals surface area contributed by atoms with Gasteiger partial charge in [-0.1, -0.05) is 41.6 Å². The molecule has 1 fully saturated rings. The molecule has 2 heterocycles. The molecule has 2 aromatic carbocycles. The van der Waals surface area contributed by atoms with Gasteiger partial charge < -0.3 is 5.32 Å². The third-order valence-corrected chi connectivity index (χ3v) is 5.45. The van der Waals surface area contributed by atoms with Crippen LogP contribution < -0.4 is 10.9 Å². The number of rotatable bonds is 4. The molecule has 0 spiro atoms. The fourth-order valence-corrected chi connectivity index (χ4v) is 4.04. The third-order valence-electron chi connectivity index (χ3n) is 4.29. The van der Waals surface area contributed by atoms with Gasteiger partial charge in [0, 0.05) is 18.1 Å². The smallest absolute Gasteiger partial charge is 0.324 e. The van der Waals surface area contributed by atoms with E-state index in [1.807, 2.05) is 0 Å². The van der Waals surface area contributed by atoms with Crippen molar-refractivity contribution in [3.05, 3.63) is 63.9 Å². The van der Waals surface area contributed by atoms with Crippen molar-refractivity contribution in [2.75, 3.05) is 18.8 Å². The van der Waals surface area contributed by atoms with E-state index in [2.05, 4.69) is 10.3 Å². The first-order chi connectivity index (χ1) is 13.5. The zero-order chi connectivity index (χ0) is 19.7. The molecule has 1 aliphatic heterocycles.